The summed E-state index contributed by atoms with van der Waals surface area (Å²) in [6.07, 6.45) is 7.15. The second-order valence-electron chi connectivity index (χ2n) is 6.44. The van der Waals surface area contributed by atoms with E-state index in [2.05, 4.69) is 0 Å². The number of sulfone groups is 1. The molecule has 2 fully saturated rings. The highest BCUT2D eigenvalue weighted by atomic mass is 35.5. The predicted octanol–water partition coefficient (Wildman–Crippen LogP) is 1.35. The Morgan fingerprint density at radius 3 is 2.29 bits per heavy atom. The molecule has 0 saturated heterocycles. The molecule has 4 unspecified atom stereocenters. The molecule has 2 aliphatic rings. The molecule has 0 aromatic carbocycles. The smallest absolute Gasteiger partial charge is 0.225 e. The average Bonchev–Trinajstić information content (AvgIpc) is 2.83. The van der Waals surface area contributed by atoms with Crippen molar-refractivity contribution in [3.8, 4) is 0 Å². The van der Waals surface area contributed by atoms with Gasteiger partial charge in [-0.2, -0.15) is 0 Å². The number of carbonyl (C=O) groups excluding carboxylic acids is 1. The van der Waals surface area contributed by atoms with Crippen LogP contribution in [0.4, 0.5) is 0 Å². The van der Waals surface area contributed by atoms with Gasteiger partial charge in [0.2, 0.25) is 5.91 Å². The number of hydrogen-bond donors (Lipinski definition) is 1. The molecule has 5 nitrogen and oxygen atoms in total. The van der Waals surface area contributed by atoms with Gasteiger partial charge in [0, 0.05) is 31.3 Å². The quantitative estimate of drug-likeness (QED) is 0.842. The van der Waals surface area contributed by atoms with Crippen LogP contribution in [0.3, 0.4) is 0 Å². The van der Waals surface area contributed by atoms with Crippen LogP contribution in [0.1, 0.15) is 44.9 Å². The molecular formula is C14H27ClN2O3S. The number of rotatable bonds is 3. The second kappa shape index (κ2) is 7.29. The SMILES string of the molecule is CN(C(=O)C1CCC(N)C1)C1CCCCC1S(C)(=O)=O.Cl. The molecule has 0 aromatic heterocycles. The lowest BCUT2D eigenvalue weighted by Gasteiger charge is -2.38. The van der Waals surface area contributed by atoms with Crippen LogP contribution < -0.4 is 5.73 Å². The lowest BCUT2D eigenvalue weighted by molar-refractivity contribution is -0.136. The first-order chi connectivity index (χ1) is 9.30. The van der Waals surface area contributed by atoms with Crippen molar-refractivity contribution in [2.75, 3.05) is 13.3 Å². The van der Waals surface area contributed by atoms with Crippen molar-refractivity contribution in [3.63, 3.8) is 0 Å². The van der Waals surface area contributed by atoms with Gasteiger partial charge >= 0.3 is 0 Å². The van der Waals surface area contributed by atoms with Crippen molar-refractivity contribution >= 4 is 28.2 Å². The van der Waals surface area contributed by atoms with Gasteiger partial charge in [-0.05, 0) is 32.1 Å². The first kappa shape index (κ1) is 18.7. The summed E-state index contributed by atoms with van der Waals surface area (Å²) in [6, 6.07) is -0.0440. The van der Waals surface area contributed by atoms with Crippen molar-refractivity contribution < 1.29 is 13.2 Å². The Kier molecular flexibility index (Phi) is 6.50. The summed E-state index contributed by atoms with van der Waals surface area (Å²) in [5, 5.41) is -0.403. The van der Waals surface area contributed by atoms with Crippen LogP contribution in [-0.2, 0) is 14.6 Å². The van der Waals surface area contributed by atoms with Gasteiger partial charge < -0.3 is 10.6 Å². The normalized spacial score (nSPS) is 33.3. The van der Waals surface area contributed by atoms with Crippen LogP contribution in [0, 0.1) is 5.92 Å². The van der Waals surface area contributed by atoms with E-state index in [4.69, 9.17) is 5.73 Å². The number of hydrogen-bond acceptors (Lipinski definition) is 4. The maximum Gasteiger partial charge on any atom is 0.225 e. The van der Waals surface area contributed by atoms with Gasteiger partial charge in [-0.15, -0.1) is 12.4 Å². The molecule has 2 N–H and O–H groups in total. The summed E-state index contributed by atoms with van der Waals surface area (Å²) in [5.41, 5.74) is 5.87. The number of halogens is 1. The van der Waals surface area contributed by atoms with Crippen molar-refractivity contribution in [2.24, 2.45) is 11.7 Å². The molecule has 21 heavy (non-hydrogen) atoms. The molecule has 7 heteroatoms. The molecule has 4 atom stereocenters. The number of carbonyl (C=O) groups is 1. The van der Waals surface area contributed by atoms with Gasteiger partial charge in [-0.1, -0.05) is 12.8 Å². The van der Waals surface area contributed by atoms with Crippen LogP contribution >= 0.6 is 12.4 Å². The summed E-state index contributed by atoms with van der Waals surface area (Å²) < 4.78 is 23.9. The van der Waals surface area contributed by atoms with Crippen LogP contribution in [-0.4, -0.2) is 49.9 Å². The zero-order valence-electron chi connectivity index (χ0n) is 12.8. The van der Waals surface area contributed by atoms with Crippen LogP contribution in [0.5, 0.6) is 0 Å². The topological polar surface area (TPSA) is 80.5 Å². The average molecular weight is 339 g/mol. The maximum absolute atomic E-state index is 12.5. The molecule has 0 heterocycles. The Balaban J connectivity index is 0.00000220. The Bertz CT molecular complexity index is 469. The van der Waals surface area contributed by atoms with Gasteiger partial charge in [0.15, 0.2) is 9.84 Å². The van der Waals surface area contributed by atoms with Crippen LogP contribution in [0.15, 0.2) is 0 Å². The van der Waals surface area contributed by atoms with E-state index in [0.717, 1.165) is 38.5 Å². The third-order valence-electron chi connectivity index (χ3n) is 4.89. The van der Waals surface area contributed by atoms with Crippen molar-refractivity contribution in [1.29, 1.82) is 0 Å². The van der Waals surface area contributed by atoms with Gasteiger partial charge in [-0.25, -0.2) is 8.42 Å². The first-order valence-corrected chi connectivity index (χ1v) is 9.47. The highest BCUT2D eigenvalue weighted by molar-refractivity contribution is 7.91. The summed E-state index contributed by atoms with van der Waals surface area (Å²) in [5.74, 6) is 0.0654. The van der Waals surface area contributed by atoms with E-state index in [1.807, 2.05) is 0 Å². The summed E-state index contributed by atoms with van der Waals surface area (Å²) >= 11 is 0. The summed E-state index contributed by atoms with van der Waals surface area (Å²) in [4.78, 5) is 14.2. The molecule has 0 radical (unpaired) electrons. The monoisotopic (exact) mass is 338 g/mol. The molecule has 2 saturated carbocycles. The fraction of sp³-hybridized carbons (Fsp3) is 0.929. The van der Waals surface area contributed by atoms with E-state index in [0.29, 0.717) is 6.42 Å². The minimum absolute atomic E-state index is 0. The third-order valence-corrected chi connectivity index (χ3v) is 6.53. The minimum Gasteiger partial charge on any atom is -0.341 e. The zero-order valence-corrected chi connectivity index (χ0v) is 14.5. The van der Waals surface area contributed by atoms with E-state index in [1.54, 1.807) is 11.9 Å². The first-order valence-electron chi connectivity index (χ1n) is 7.52. The lowest BCUT2D eigenvalue weighted by atomic mass is 9.92. The number of amides is 1. The molecule has 2 aliphatic carbocycles. The van der Waals surface area contributed by atoms with E-state index < -0.39 is 15.1 Å². The number of nitrogens with zero attached hydrogens (tertiary/aromatic N) is 1. The van der Waals surface area contributed by atoms with E-state index >= 15 is 0 Å². The van der Waals surface area contributed by atoms with Gasteiger partial charge in [0.25, 0.3) is 0 Å². The Labute approximate surface area is 134 Å². The predicted molar refractivity (Wildman–Crippen MR) is 86.2 cm³/mol. The third kappa shape index (κ3) is 4.33. The molecule has 0 aliphatic heterocycles. The fourth-order valence-corrected chi connectivity index (χ4v) is 5.20. The Hall–Kier alpha value is -0.330. The summed E-state index contributed by atoms with van der Waals surface area (Å²) in [6.45, 7) is 0. The lowest BCUT2D eigenvalue weighted by Crippen LogP contribution is -2.50. The molecular weight excluding hydrogens is 312 g/mol. The second-order valence-corrected chi connectivity index (χ2v) is 8.70. The van der Waals surface area contributed by atoms with Crippen LogP contribution in [0.25, 0.3) is 0 Å². The van der Waals surface area contributed by atoms with E-state index in [9.17, 15) is 13.2 Å². The van der Waals surface area contributed by atoms with Crippen molar-refractivity contribution in [1.82, 2.24) is 4.90 Å². The highest BCUT2D eigenvalue weighted by Gasteiger charge is 2.39. The molecule has 1 amide bonds. The molecule has 2 rings (SSSR count). The molecule has 0 aromatic rings. The molecule has 0 bridgehead atoms. The molecule has 124 valence electrons. The van der Waals surface area contributed by atoms with E-state index in [1.165, 1.54) is 6.26 Å². The number of nitrogens with two attached hydrogens (primary N) is 1. The molecule has 0 spiro atoms. The minimum atomic E-state index is -3.11. The largest absolute Gasteiger partial charge is 0.341 e. The van der Waals surface area contributed by atoms with Crippen LogP contribution in [0.2, 0.25) is 0 Å². The van der Waals surface area contributed by atoms with Gasteiger partial charge in [-0.3, -0.25) is 4.79 Å². The van der Waals surface area contributed by atoms with Gasteiger partial charge in [0.1, 0.15) is 0 Å². The van der Waals surface area contributed by atoms with Gasteiger partial charge in [0.05, 0.1) is 5.25 Å². The zero-order chi connectivity index (χ0) is 14.9. The highest BCUT2D eigenvalue weighted by Crippen LogP contribution is 2.31. The maximum atomic E-state index is 12.5. The van der Waals surface area contributed by atoms with Crippen molar-refractivity contribution in [3.05, 3.63) is 0 Å². The van der Waals surface area contributed by atoms with Crippen molar-refractivity contribution in [2.45, 2.75) is 62.3 Å². The van der Waals surface area contributed by atoms with E-state index in [-0.39, 0.29) is 36.3 Å². The summed E-state index contributed by atoms with van der Waals surface area (Å²) in [7, 11) is -1.34. The Morgan fingerprint density at radius 1 is 1.14 bits per heavy atom. The standard InChI is InChI=1S/C14H26N2O3S.ClH/c1-16(14(17)10-7-8-11(15)9-10)12-5-3-4-6-13(12)20(2,18)19;/h10-13H,3-9,15H2,1-2H3;1H. The fourth-order valence-electron chi connectivity index (χ4n) is 3.71. The Morgan fingerprint density at radius 2 is 1.76 bits per heavy atom.